The van der Waals surface area contributed by atoms with Crippen LogP contribution in [0.4, 0.5) is 0 Å². The van der Waals surface area contributed by atoms with Crippen molar-refractivity contribution in [1.29, 1.82) is 0 Å². The smallest absolute Gasteiger partial charge is 0.298 e. The Bertz CT molecular complexity index is 203. The highest BCUT2D eigenvalue weighted by Crippen LogP contribution is 2.11. The van der Waals surface area contributed by atoms with Gasteiger partial charge in [-0.15, -0.1) is 6.42 Å². The molecule has 0 saturated carbocycles. The Kier molecular flexibility index (Phi) is 3.78. The summed E-state index contributed by atoms with van der Waals surface area (Å²) >= 11 is 0. The fourth-order valence-electron chi connectivity index (χ4n) is 1.03. The number of terminal acetylenes is 1. The van der Waals surface area contributed by atoms with E-state index in [1.54, 1.807) is 4.90 Å². The van der Waals surface area contributed by atoms with Gasteiger partial charge in [-0.05, 0) is 26.7 Å². The first kappa shape index (κ1) is 11.0. The van der Waals surface area contributed by atoms with E-state index in [4.69, 9.17) is 12.2 Å². The van der Waals surface area contributed by atoms with E-state index in [1.807, 2.05) is 20.8 Å². The average Bonchev–Trinajstić information content (AvgIpc) is 2.05. The maximum atomic E-state index is 11.2. The van der Waals surface area contributed by atoms with Crippen molar-refractivity contribution in [3.63, 3.8) is 0 Å². The zero-order valence-corrected chi connectivity index (χ0v) is 7.92. The molecule has 0 bridgehead atoms. The van der Waals surface area contributed by atoms with E-state index in [0.29, 0.717) is 13.1 Å². The largest absolute Gasteiger partial charge is 0.328 e. The van der Waals surface area contributed by atoms with Gasteiger partial charge in [0.15, 0.2) is 0 Å². The Morgan fingerprint density at radius 2 is 2.17 bits per heavy atom. The number of carbonyl (C=O) groups is 1. The molecule has 0 aliphatic heterocycles. The van der Waals surface area contributed by atoms with Crippen LogP contribution < -0.4 is 5.73 Å². The number of hydrogen-bond donors (Lipinski definition) is 1. The Labute approximate surface area is 73.9 Å². The number of rotatable bonds is 3. The van der Waals surface area contributed by atoms with Gasteiger partial charge < -0.3 is 10.6 Å². The molecule has 0 rings (SSSR count). The molecule has 0 atom stereocenters. The Balaban J connectivity index is 4.57. The first-order chi connectivity index (χ1) is 5.49. The number of nitrogens with zero attached hydrogens (tertiary/aromatic N) is 1. The molecule has 0 unspecified atom stereocenters. The van der Waals surface area contributed by atoms with Crippen LogP contribution in [0.5, 0.6) is 0 Å². The summed E-state index contributed by atoms with van der Waals surface area (Å²) in [5.41, 5.74) is 5.16. The molecule has 0 aromatic rings. The summed E-state index contributed by atoms with van der Waals surface area (Å²) in [6, 6.07) is 0. The maximum Gasteiger partial charge on any atom is 0.298 e. The van der Waals surface area contributed by atoms with Crippen LogP contribution in [-0.2, 0) is 4.79 Å². The summed E-state index contributed by atoms with van der Waals surface area (Å²) in [5.74, 6) is 1.79. The second-order valence-corrected chi connectivity index (χ2v) is 3.21. The molecular formula is C9H16N2O. The molecule has 0 heterocycles. The van der Waals surface area contributed by atoms with Crippen molar-refractivity contribution in [2.24, 2.45) is 5.73 Å². The Hall–Kier alpha value is -1.01. The summed E-state index contributed by atoms with van der Waals surface area (Å²) in [7, 11) is 0. The SMILES string of the molecule is C#CC(=O)N(CC)C(C)(C)CN. The van der Waals surface area contributed by atoms with E-state index in [0.717, 1.165) is 0 Å². The lowest BCUT2D eigenvalue weighted by Gasteiger charge is -2.35. The second-order valence-electron chi connectivity index (χ2n) is 3.21. The fraction of sp³-hybridized carbons (Fsp3) is 0.667. The first-order valence-electron chi connectivity index (χ1n) is 3.98. The molecule has 0 radical (unpaired) electrons. The van der Waals surface area contributed by atoms with Gasteiger partial charge in [0.25, 0.3) is 5.91 Å². The topological polar surface area (TPSA) is 46.3 Å². The summed E-state index contributed by atoms with van der Waals surface area (Å²) in [5, 5.41) is 0. The van der Waals surface area contributed by atoms with Crippen LogP contribution >= 0.6 is 0 Å². The van der Waals surface area contributed by atoms with Crippen molar-refractivity contribution in [3.05, 3.63) is 0 Å². The van der Waals surface area contributed by atoms with Gasteiger partial charge in [-0.25, -0.2) is 0 Å². The van der Waals surface area contributed by atoms with Crippen LogP contribution in [0.1, 0.15) is 20.8 Å². The Morgan fingerprint density at radius 3 is 2.42 bits per heavy atom. The van der Waals surface area contributed by atoms with Gasteiger partial charge in [-0.3, -0.25) is 4.79 Å². The van der Waals surface area contributed by atoms with Crippen LogP contribution in [0, 0.1) is 12.3 Å². The predicted octanol–water partition coefficient (Wildman–Crippen LogP) is 0.205. The molecule has 3 nitrogen and oxygen atoms in total. The second kappa shape index (κ2) is 4.13. The van der Waals surface area contributed by atoms with Crippen LogP contribution in [0.25, 0.3) is 0 Å². The zero-order valence-electron chi connectivity index (χ0n) is 7.92. The van der Waals surface area contributed by atoms with Crippen molar-refractivity contribution in [2.45, 2.75) is 26.3 Å². The molecular weight excluding hydrogens is 152 g/mol. The fourth-order valence-corrected chi connectivity index (χ4v) is 1.03. The van der Waals surface area contributed by atoms with E-state index in [1.165, 1.54) is 0 Å². The molecule has 0 aliphatic rings. The van der Waals surface area contributed by atoms with Gasteiger partial charge in [0, 0.05) is 13.1 Å². The van der Waals surface area contributed by atoms with Crippen LogP contribution in [0.3, 0.4) is 0 Å². The van der Waals surface area contributed by atoms with E-state index < -0.39 is 0 Å². The number of likely N-dealkylation sites (N-methyl/N-ethyl adjacent to an activating group) is 1. The summed E-state index contributed by atoms with van der Waals surface area (Å²) < 4.78 is 0. The molecule has 0 aliphatic carbocycles. The molecule has 0 spiro atoms. The van der Waals surface area contributed by atoms with Gasteiger partial charge in [-0.2, -0.15) is 0 Å². The first-order valence-corrected chi connectivity index (χ1v) is 3.98. The van der Waals surface area contributed by atoms with Crippen molar-refractivity contribution in [1.82, 2.24) is 4.90 Å². The number of hydrogen-bond acceptors (Lipinski definition) is 2. The van der Waals surface area contributed by atoms with E-state index in [9.17, 15) is 4.79 Å². The lowest BCUT2D eigenvalue weighted by atomic mass is 10.0. The molecule has 0 aromatic heterocycles. The van der Waals surface area contributed by atoms with Crippen molar-refractivity contribution in [3.8, 4) is 12.3 Å². The van der Waals surface area contributed by atoms with Gasteiger partial charge in [0.1, 0.15) is 0 Å². The molecule has 3 heteroatoms. The minimum Gasteiger partial charge on any atom is -0.328 e. The predicted molar refractivity (Wildman–Crippen MR) is 49.4 cm³/mol. The van der Waals surface area contributed by atoms with Gasteiger partial charge in [-0.1, -0.05) is 0 Å². The van der Waals surface area contributed by atoms with Gasteiger partial charge >= 0.3 is 0 Å². The number of amides is 1. The molecule has 0 fully saturated rings. The monoisotopic (exact) mass is 168 g/mol. The van der Waals surface area contributed by atoms with Crippen LogP contribution in [0.2, 0.25) is 0 Å². The molecule has 12 heavy (non-hydrogen) atoms. The van der Waals surface area contributed by atoms with E-state index >= 15 is 0 Å². The summed E-state index contributed by atoms with van der Waals surface area (Å²) in [4.78, 5) is 12.8. The highest BCUT2D eigenvalue weighted by molar-refractivity contribution is 5.93. The quantitative estimate of drug-likeness (QED) is 0.612. The third-order valence-corrected chi connectivity index (χ3v) is 1.92. The minimum absolute atomic E-state index is 0.298. The third-order valence-electron chi connectivity index (χ3n) is 1.92. The van der Waals surface area contributed by atoms with Gasteiger partial charge in [0.2, 0.25) is 0 Å². The average molecular weight is 168 g/mol. The highest BCUT2D eigenvalue weighted by atomic mass is 16.2. The van der Waals surface area contributed by atoms with E-state index in [2.05, 4.69) is 5.92 Å². The minimum atomic E-state index is -0.349. The molecule has 0 saturated heterocycles. The standard InChI is InChI=1S/C9H16N2O/c1-5-8(12)11(6-2)9(3,4)7-10/h1H,6-7,10H2,2-4H3. The van der Waals surface area contributed by atoms with Crippen LogP contribution in [-0.4, -0.2) is 29.4 Å². The zero-order chi connectivity index (χ0) is 9.78. The van der Waals surface area contributed by atoms with Crippen molar-refractivity contribution >= 4 is 5.91 Å². The number of carbonyl (C=O) groups excluding carboxylic acids is 1. The summed E-state index contributed by atoms with van der Waals surface area (Å²) in [6.45, 7) is 6.67. The normalized spacial score (nSPS) is 10.6. The molecule has 68 valence electrons. The lowest BCUT2D eigenvalue weighted by molar-refractivity contribution is -0.129. The van der Waals surface area contributed by atoms with Crippen molar-refractivity contribution < 1.29 is 4.79 Å². The third kappa shape index (κ3) is 2.24. The molecule has 1 amide bonds. The highest BCUT2D eigenvalue weighted by Gasteiger charge is 2.26. The molecule has 2 N–H and O–H groups in total. The molecule has 0 aromatic carbocycles. The number of nitrogens with two attached hydrogens (primary N) is 1. The van der Waals surface area contributed by atoms with Gasteiger partial charge in [0.05, 0.1) is 5.54 Å². The van der Waals surface area contributed by atoms with Crippen LogP contribution in [0.15, 0.2) is 0 Å². The maximum absolute atomic E-state index is 11.2. The van der Waals surface area contributed by atoms with E-state index in [-0.39, 0.29) is 11.4 Å². The van der Waals surface area contributed by atoms with Crippen molar-refractivity contribution in [2.75, 3.05) is 13.1 Å². The lowest BCUT2D eigenvalue weighted by Crippen LogP contribution is -2.51. The Morgan fingerprint density at radius 1 is 1.67 bits per heavy atom. The summed E-state index contributed by atoms with van der Waals surface area (Å²) in [6.07, 6.45) is 5.02.